The van der Waals surface area contributed by atoms with Gasteiger partial charge in [-0.25, -0.2) is 0 Å². The highest BCUT2D eigenvalue weighted by molar-refractivity contribution is 5.79. The lowest BCUT2D eigenvalue weighted by Crippen LogP contribution is -2.80. The molecule has 0 amide bonds. The molecular formula is C42H50N4O5. The topological polar surface area (TPSA) is 84.5 Å². The second-order valence-corrected chi connectivity index (χ2v) is 18.8. The van der Waals surface area contributed by atoms with Crippen molar-refractivity contribution in [2.45, 2.75) is 98.1 Å². The van der Waals surface area contributed by atoms with E-state index in [9.17, 15) is 4.79 Å². The number of fused-ring (bicyclic) bond motifs is 3. The predicted molar refractivity (Wildman–Crippen MR) is 190 cm³/mol. The van der Waals surface area contributed by atoms with Gasteiger partial charge in [-0.3, -0.25) is 14.6 Å². The molecule has 0 unspecified atom stereocenters. The number of benzene rings is 2. The van der Waals surface area contributed by atoms with Crippen LogP contribution < -0.4 is 15.4 Å². The standard InChI is InChI=1S/C42H50N4O5/c1-48-29-9-5-7-27-31(29)44-42-24-20-37-13-18-50-30(37)10-15-45(35(37)42)17-12-41(27,42)39(21-24)23-46-16-11-40-26-6-3-4-8-28(26)43-32(40)25(33(47)49-2)22-38(34(40)46)14-19-51-36(38)39/h3-9,24-25,30,32,34-36,43-44H,10-23H2,1-2H3/t24-,25-,30-,32-,34-,35-,36+,37+,38-,39+,40-,41-,42-/m0/s1. The van der Waals surface area contributed by atoms with Gasteiger partial charge in [-0.15, -0.1) is 0 Å². The van der Waals surface area contributed by atoms with E-state index < -0.39 is 0 Å². The Morgan fingerprint density at radius 2 is 1.71 bits per heavy atom. The lowest BCUT2D eigenvalue weighted by molar-refractivity contribution is -0.206. The predicted octanol–water partition coefficient (Wildman–Crippen LogP) is 4.55. The minimum atomic E-state index is -0.223. The summed E-state index contributed by atoms with van der Waals surface area (Å²) < 4.78 is 26.1. The van der Waals surface area contributed by atoms with Crippen molar-refractivity contribution in [2.24, 2.45) is 28.1 Å². The largest absolute Gasteiger partial charge is 0.495 e. The molecule has 2 aromatic rings. The summed E-state index contributed by atoms with van der Waals surface area (Å²) in [5.41, 5.74) is 4.87. The quantitative estimate of drug-likeness (QED) is 0.442. The average Bonchev–Trinajstić information content (AvgIpc) is 4.01. The second-order valence-electron chi connectivity index (χ2n) is 18.8. The molecule has 5 spiro atoms. The number of ether oxygens (including phenoxy) is 4. The van der Waals surface area contributed by atoms with Crippen LogP contribution >= 0.6 is 0 Å². The van der Waals surface area contributed by atoms with Crippen molar-refractivity contribution in [2.75, 3.05) is 64.2 Å². The van der Waals surface area contributed by atoms with Crippen LogP contribution in [-0.2, 0) is 29.8 Å². The van der Waals surface area contributed by atoms with Gasteiger partial charge in [-0.2, -0.15) is 0 Å². The first-order valence-electron chi connectivity index (χ1n) is 20.1. The first-order valence-corrected chi connectivity index (χ1v) is 20.1. The fourth-order valence-corrected chi connectivity index (χ4v) is 17.6. The van der Waals surface area contributed by atoms with Crippen LogP contribution in [0.1, 0.15) is 62.5 Å². The minimum Gasteiger partial charge on any atom is -0.495 e. The Morgan fingerprint density at radius 3 is 2.61 bits per heavy atom. The average molecular weight is 691 g/mol. The van der Waals surface area contributed by atoms with Gasteiger partial charge in [0.25, 0.3) is 0 Å². The number of methoxy groups -OCH3 is 2. The van der Waals surface area contributed by atoms with Gasteiger partial charge in [0.05, 0.1) is 49.6 Å². The summed E-state index contributed by atoms with van der Waals surface area (Å²) in [4.78, 5) is 20.0. The number of nitrogens with zero attached hydrogens (tertiary/aromatic N) is 2. The molecule has 0 aromatic heterocycles. The Labute approximate surface area is 300 Å². The van der Waals surface area contributed by atoms with Crippen molar-refractivity contribution in [1.82, 2.24) is 9.80 Å². The van der Waals surface area contributed by atoms with Gasteiger partial charge >= 0.3 is 5.97 Å². The van der Waals surface area contributed by atoms with Crippen LogP contribution in [0.25, 0.3) is 0 Å². The van der Waals surface area contributed by atoms with Gasteiger partial charge in [0, 0.05) is 71.1 Å². The molecule has 3 aliphatic carbocycles. The lowest BCUT2D eigenvalue weighted by Gasteiger charge is -2.69. The van der Waals surface area contributed by atoms with E-state index >= 15 is 0 Å². The van der Waals surface area contributed by atoms with Crippen molar-refractivity contribution in [3.05, 3.63) is 53.6 Å². The molecule has 2 N–H and O–H groups in total. The van der Waals surface area contributed by atoms with Crippen molar-refractivity contribution >= 4 is 17.3 Å². The van der Waals surface area contributed by atoms with Crippen molar-refractivity contribution in [1.29, 1.82) is 0 Å². The molecule has 6 saturated heterocycles. The molecule has 13 rings (SSSR count). The summed E-state index contributed by atoms with van der Waals surface area (Å²) in [7, 11) is 3.44. The van der Waals surface area contributed by atoms with Crippen molar-refractivity contribution < 1.29 is 23.7 Å². The number of piperidine rings is 3. The van der Waals surface area contributed by atoms with Crippen LogP contribution in [0, 0.1) is 28.1 Å². The number of nitrogens with one attached hydrogen (secondary N) is 2. The summed E-state index contributed by atoms with van der Waals surface area (Å²) in [6.45, 7) is 6.01. The summed E-state index contributed by atoms with van der Waals surface area (Å²) in [5, 5.41) is 8.44. The molecule has 3 saturated carbocycles. The molecule has 11 aliphatic rings. The highest BCUT2D eigenvalue weighted by Crippen LogP contribution is 2.84. The zero-order valence-electron chi connectivity index (χ0n) is 29.9. The molecule has 8 aliphatic heterocycles. The van der Waals surface area contributed by atoms with E-state index in [0.717, 1.165) is 77.2 Å². The Bertz CT molecular complexity index is 1920. The maximum atomic E-state index is 14.1. The Balaban J connectivity index is 1.07. The van der Waals surface area contributed by atoms with Crippen LogP contribution in [-0.4, -0.2) is 105 Å². The van der Waals surface area contributed by atoms with Gasteiger partial charge in [-0.05, 0) is 93.6 Å². The maximum absolute atomic E-state index is 14.1. The first kappa shape index (κ1) is 29.6. The van der Waals surface area contributed by atoms with Crippen LogP contribution in [0.4, 0.5) is 11.4 Å². The van der Waals surface area contributed by atoms with E-state index in [2.05, 4.69) is 62.9 Å². The molecule has 8 heterocycles. The Kier molecular flexibility index (Phi) is 5.27. The third-order valence-corrected chi connectivity index (χ3v) is 18.2. The number of hydrogen-bond acceptors (Lipinski definition) is 9. The third kappa shape index (κ3) is 2.77. The van der Waals surface area contributed by atoms with Gasteiger partial charge in [-0.1, -0.05) is 30.3 Å². The molecule has 2 aromatic carbocycles. The summed E-state index contributed by atoms with van der Waals surface area (Å²) in [6.07, 6.45) is 9.15. The van der Waals surface area contributed by atoms with Gasteiger partial charge in [0.15, 0.2) is 0 Å². The molecule has 9 fully saturated rings. The highest BCUT2D eigenvalue weighted by atomic mass is 16.5. The molecule has 0 radical (unpaired) electrons. The number of carbonyl (C=O) groups is 1. The van der Waals surface area contributed by atoms with Crippen LogP contribution in [0.2, 0.25) is 0 Å². The first-order chi connectivity index (χ1) is 24.9. The molecule has 51 heavy (non-hydrogen) atoms. The Hall–Kier alpha value is -2.85. The van der Waals surface area contributed by atoms with Crippen molar-refractivity contribution in [3.63, 3.8) is 0 Å². The SMILES string of the molecule is COC(=O)[C@H]1C[C@]23CCO[C@H]2[C@@]2(C[C@@H]4C[C@]56CCO[C@H]5CCN5CC[C@]27c2cccc(OC)c2N[C@]47[C@@H]56)CN2CC[C@@]4(c5ccccc5N[C@@H]14)[C@@H]23. The number of anilines is 2. The van der Waals surface area contributed by atoms with E-state index in [4.69, 9.17) is 18.9 Å². The second kappa shape index (κ2) is 9.08. The highest BCUT2D eigenvalue weighted by Gasteiger charge is 2.90. The summed E-state index contributed by atoms with van der Waals surface area (Å²) in [5.74, 6) is 1.20. The van der Waals surface area contributed by atoms with E-state index in [1.54, 1.807) is 7.11 Å². The third-order valence-electron chi connectivity index (χ3n) is 18.2. The normalized spacial score (nSPS) is 51.4. The van der Waals surface area contributed by atoms with Gasteiger partial charge < -0.3 is 29.6 Å². The number of rotatable bonds is 2. The number of hydrogen-bond donors (Lipinski definition) is 2. The number of carbonyl (C=O) groups excluding carboxylic acids is 1. The molecule has 9 heteroatoms. The minimum absolute atomic E-state index is 0.0357. The van der Waals surface area contributed by atoms with E-state index in [1.807, 2.05) is 7.11 Å². The van der Waals surface area contributed by atoms with Crippen LogP contribution in [0.15, 0.2) is 42.5 Å². The van der Waals surface area contributed by atoms with Crippen LogP contribution in [0.3, 0.4) is 0 Å². The van der Waals surface area contributed by atoms with E-state index in [1.165, 1.54) is 41.8 Å². The van der Waals surface area contributed by atoms with Gasteiger partial charge in [0.1, 0.15) is 5.75 Å². The number of esters is 1. The monoisotopic (exact) mass is 690 g/mol. The number of para-hydroxylation sites is 2. The van der Waals surface area contributed by atoms with E-state index in [0.29, 0.717) is 24.1 Å². The molecule has 0 bridgehead atoms. The molecule has 268 valence electrons. The van der Waals surface area contributed by atoms with Crippen molar-refractivity contribution in [3.8, 4) is 5.75 Å². The fourth-order valence-electron chi connectivity index (χ4n) is 17.6. The molecular weight excluding hydrogens is 640 g/mol. The van der Waals surface area contributed by atoms with E-state index in [-0.39, 0.29) is 56.6 Å². The summed E-state index contributed by atoms with van der Waals surface area (Å²) in [6, 6.07) is 16.6. The lowest BCUT2D eigenvalue weighted by atomic mass is 9.41. The maximum Gasteiger partial charge on any atom is 0.310 e. The molecule has 9 nitrogen and oxygen atoms in total. The zero-order chi connectivity index (χ0) is 33.8. The fraction of sp³-hybridized carbons (Fsp3) is 0.690. The van der Waals surface area contributed by atoms with Crippen LogP contribution in [0.5, 0.6) is 5.75 Å². The smallest absolute Gasteiger partial charge is 0.310 e. The zero-order valence-corrected chi connectivity index (χ0v) is 29.9. The van der Waals surface area contributed by atoms with Gasteiger partial charge in [0.2, 0.25) is 0 Å². The Morgan fingerprint density at radius 1 is 0.863 bits per heavy atom. The molecule has 13 atom stereocenters. The summed E-state index contributed by atoms with van der Waals surface area (Å²) >= 11 is 0.